The summed E-state index contributed by atoms with van der Waals surface area (Å²) in [7, 11) is 0. The van der Waals surface area contributed by atoms with Crippen molar-refractivity contribution in [2.75, 3.05) is 0 Å². The van der Waals surface area contributed by atoms with Gasteiger partial charge in [0.15, 0.2) is 5.82 Å². The van der Waals surface area contributed by atoms with Gasteiger partial charge in [-0.05, 0) is 87.3 Å². The summed E-state index contributed by atoms with van der Waals surface area (Å²) in [6.45, 7) is 0. The third-order valence-corrected chi connectivity index (χ3v) is 10.5. The lowest BCUT2D eigenvalue weighted by Gasteiger charge is -2.36. The lowest BCUT2D eigenvalue weighted by Crippen LogP contribution is -2.28. The normalized spacial score (nSPS) is 14.4. The van der Waals surface area contributed by atoms with Crippen LogP contribution in [0.1, 0.15) is 48.8 Å². The van der Waals surface area contributed by atoms with Crippen LogP contribution in [0.4, 0.5) is 0 Å². The van der Waals surface area contributed by atoms with Gasteiger partial charge >= 0.3 is 0 Å². The molecule has 0 aliphatic heterocycles. The first kappa shape index (κ1) is 28.4. The van der Waals surface area contributed by atoms with Crippen LogP contribution in [0.3, 0.4) is 0 Å². The van der Waals surface area contributed by atoms with Crippen molar-refractivity contribution in [2.45, 2.75) is 37.5 Å². The van der Waals surface area contributed by atoms with Crippen molar-refractivity contribution < 1.29 is 0 Å². The van der Waals surface area contributed by atoms with Crippen LogP contribution in [0.2, 0.25) is 0 Å². The van der Waals surface area contributed by atoms with E-state index in [2.05, 4.69) is 133 Å². The van der Waals surface area contributed by atoms with Crippen LogP contribution in [0.25, 0.3) is 66.9 Å². The highest BCUT2D eigenvalue weighted by atomic mass is 14.9. The highest BCUT2D eigenvalue weighted by Gasteiger charge is 2.44. The molecule has 0 bridgehead atoms. The Balaban J connectivity index is 1.21. The van der Waals surface area contributed by atoms with E-state index in [0.29, 0.717) is 5.82 Å². The van der Waals surface area contributed by atoms with Crippen molar-refractivity contribution in [3.8, 4) is 62.2 Å². The molecule has 3 heteroatoms. The average molecular weight is 616 g/mol. The van der Waals surface area contributed by atoms with Crippen LogP contribution < -0.4 is 0 Å². The first-order chi connectivity index (χ1) is 23.7. The molecule has 1 saturated carbocycles. The number of aromatic nitrogens is 2. The van der Waals surface area contributed by atoms with E-state index in [1.165, 1.54) is 52.3 Å². The van der Waals surface area contributed by atoms with Gasteiger partial charge in [-0.3, -0.25) is 0 Å². The van der Waals surface area contributed by atoms with Crippen LogP contribution in [0.5, 0.6) is 0 Å². The number of benzene rings is 6. The van der Waals surface area contributed by atoms with E-state index in [-0.39, 0.29) is 5.41 Å². The molecule has 1 heterocycles. The van der Waals surface area contributed by atoms with Gasteiger partial charge in [-0.25, -0.2) is 9.97 Å². The number of rotatable bonds is 4. The van der Waals surface area contributed by atoms with Gasteiger partial charge in [0, 0.05) is 22.1 Å². The molecule has 9 rings (SSSR count). The molecule has 1 aromatic heterocycles. The number of fused-ring (bicyclic) bond motifs is 6. The lowest BCUT2D eigenvalue weighted by molar-refractivity contribution is 0.353. The van der Waals surface area contributed by atoms with Crippen molar-refractivity contribution in [1.82, 2.24) is 9.97 Å². The van der Waals surface area contributed by atoms with E-state index in [1.54, 1.807) is 0 Å². The third kappa shape index (κ3) is 4.64. The SMILES string of the molecule is N#Cc1ccc2c(c1)C1(CCCCC1)c1ccc(-c3ccccc3-c3nc(-c4ccccc4)cc(-c4ccc5ccccc5c4)n3)cc1-2. The van der Waals surface area contributed by atoms with E-state index in [0.717, 1.165) is 57.6 Å². The summed E-state index contributed by atoms with van der Waals surface area (Å²) in [5.74, 6) is 0.707. The van der Waals surface area contributed by atoms with Gasteiger partial charge in [0.25, 0.3) is 0 Å². The highest BCUT2D eigenvalue weighted by Crippen LogP contribution is 2.56. The Labute approximate surface area is 281 Å². The molecule has 48 heavy (non-hydrogen) atoms. The van der Waals surface area contributed by atoms with Gasteiger partial charge in [0.2, 0.25) is 0 Å². The molecule has 0 atom stereocenters. The molecule has 2 aliphatic carbocycles. The Morgan fingerprint density at radius 1 is 0.479 bits per heavy atom. The van der Waals surface area contributed by atoms with Gasteiger partial charge in [0.1, 0.15) is 0 Å². The Hall–Kier alpha value is -5.85. The van der Waals surface area contributed by atoms with Crippen molar-refractivity contribution in [3.05, 3.63) is 156 Å². The first-order valence-corrected chi connectivity index (χ1v) is 16.9. The fourth-order valence-corrected chi connectivity index (χ4v) is 8.19. The smallest absolute Gasteiger partial charge is 0.161 e. The number of nitriles is 1. The summed E-state index contributed by atoms with van der Waals surface area (Å²) in [4.78, 5) is 10.4. The van der Waals surface area contributed by atoms with Crippen LogP contribution in [0.15, 0.2) is 140 Å². The predicted molar refractivity (Wildman–Crippen MR) is 195 cm³/mol. The maximum Gasteiger partial charge on any atom is 0.161 e. The molecule has 3 nitrogen and oxygen atoms in total. The van der Waals surface area contributed by atoms with Crippen LogP contribution in [-0.4, -0.2) is 9.97 Å². The second-order valence-corrected chi connectivity index (χ2v) is 13.2. The highest BCUT2D eigenvalue weighted by molar-refractivity contribution is 5.90. The van der Waals surface area contributed by atoms with Crippen molar-refractivity contribution in [2.24, 2.45) is 0 Å². The number of hydrogen-bond donors (Lipinski definition) is 0. The summed E-state index contributed by atoms with van der Waals surface area (Å²) in [6.07, 6.45) is 5.98. The van der Waals surface area contributed by atoms with E-state index >= 15 is 0 Å². The molecule has 0 amide bonds. The van der Waals surface area contributed by atoms with Crippen LogP contribution in [-0.2, 0) is 5.41 Å². The minimum absolute atomic E-state index is 0.00426. The van der Waals surface area contributed by atoms with Gasteiger partial charge in [-0.2, -0.15) is 5.26 Å². The Morgan fingerprint density at radius 2 is 1.19 bits per heavy atom. The van der Waals surface area contributed by atoms with E-state index in [4.69, 9.17) is 9.97 Å². The van der Waals surface area contributed by atoms with Gasteiger partial charge in [0.05, 0.1) is 23.0 Å². The van der Waals surface area contributed by atoms with Gasteiger partial charge in [-0.15, -0.1) is 0 Å². The molecule has 6 aromatic carbocycles. The van der Waals surface area contributed by atoms with Crippen molar-refractivity contribution >= 4 is 10.8 Å². The maximum absolute atomic E-state index is 9.77. The maximum atomic E-state index is 9.77. The number of hydrogen-bond acceptors (Lipinski definition) is 3. The standard InChI is InChI=1S/C45H33N3/c46-29-30-17-21-37-39-27-34(20-22-40(39)45(41(37)25-30)23-9-2-10-24-45)36-15-7-8-16-38(36)44-47-42(32-12-3-1-4-13-32)28-43(48-44)35-19-18-31-11-5-6-14-33(31)26-35/h1,3-8,11-22,25-28H,2,9-10,23-24H2. The molecule has 1 fully saturated rings. The third-order valence-electron chi connectivity index (χ3n) is 10.5. The molecule has 0 radical (unpaired) electrons. The zero-order chi connectivity index (χ0) is 32.1. The lowest BCUT2D eigenvalue weighted by atomic mass is 9.67. The number of nitrogens with zero attached hydrogens (tertiary/aromatic N) is 3. The summed E-state index contributed by atoms with van der Waals surface area (Å²) >= 11 is 0. The van der Waals surface area contributed by atoms with Gasteiger partial charge in [-0.1, -0.05) is 128 Å². The first-order valence-electron chi connectivity index (χ1n) is 16.9. The van der Waals surface area contributed by atoms with E-state index in [1.807, 2.05) is 12.1 Å². The fraction of sp³-hybridized carbons (Fsp3) is 0.133. The largest absolute Gasteiger partial charge is 0.228 e. The minimum atomic E-state index is -0.00426. The Bertz CT molecular complexity index is 2390. The average Bonchev–Trinajstić information content (AvgIpc) is 3.42. The van der Waals surface area contributed by atoms with E-state index < -0.39 is 0 Å². The predicted octanol–water partition coefficient (Wildman–Crippen LogP) is 11.4. The molecule has 0 unspecified atom stereocenters. The zero-order valence-electron chi connectivity index (χ0n) is 26.7. The quantitative estimate of drug-likeness (QED) is 0.198. The molecule has 228 valence electrons. The Kier molecular flexibility index (Phi) is 6.76. The fourth-order valence-electron chi connectivity index (χ4n) is 8.19. The molecule has 0 N–H and O–H groups in total. The summed E-state index contributed by atoms with van der Waals surface area (Å²) in [5, 5.41) is 12.2. The Morgan fingerprint density at radius 3 is 2.00 bits per heavy atom. The van der Waals surface area contributed by atoms with Crippen LogP contribution >= 0.6 is 0 Å². The summed E-state index contributed by atoms with van der Waals surface area (Å²) in [6, 6.07) is 51.7. The minimum Gasteiger partial charge on any atom is -0.228 e. The van der Waals surface area contributed by atoms with Gasteiger partial charge < -0.3 is 0 Å². The topological polar surface area (TPSA) is 49.6 Å². The molecule has 1 spiro atoms. The van der Waals surface area contributed by atoms with Crippen molar-refractivity contribution in [1.29, 1.82) is 5.26 Å². The molecular formula is C45H33N3. The van der Waals surface area contributed by atoms with Crippen LogP contribution in [0, 0.1) is 11.3 Å². The molecule has 0 saturated heterocycles. The second kappa shape index (κ2) is 11.4. The summed E-state index contributed by atoms with van der Waals surface area (Å²) < 4.78 is 0. The van der Waals surface area contributed by atoms with E-state index in [9.17, 15) is 5.26 Å². The summed E-state index contributed by atoms with van der Waals surface area (Å²) in [5.41, 5.74) is 13.2. The molecule has 2 aliphatic rings. The van der Waals surface area contributed by atoms with Crippen molar-refractivity contribution in [3.63, 3.8) is 0 Å². The zero-order valence-corrected chi connectivity index (χ0v) is 26.7. The molecule has 7 aromatic rings. The molecular weight excluding hydrogens is 583 g/mol. The second-order valence-electron chi connectivity index (χ2n) is 13.2. The monoisotopic (exact) mass is 615 g/mol.